The number of hydrogen-bond acceptors (Lipinski definition) is 3. The standard InChI is InChI=1S/C23H27N5O/c1-18-13-25-22(21-10-5-11-24-15-21)28(18)17-20-9-6-12-27(16-20)23(29)26-14-19-7-3-2-4-8-19/h2-5,7-8,10-11,13,15,20H,6,9,12,14,16-17H2,1H3,(H,26,29). The van der Waals surface area contributed by atoms with Gasteiger partial charge in [0.05, 0.1) is 0 Å². The van der Waals surface area contributed by atoms with Gasteiger partial charge >= 0.3 is 6.03 Å². The fourth-order valence-electron chi connectivity index (χ4n) is 3.96. The summed E-state index contributed by atoms with van der Waals surface area (Å²) in [6.45, 7) is 5.09. The fourth-order valence-corrected chi connectivity index (χ4v) is 3.96. The quantitative estimate of drug-likeness (QED) is 0.720. The Morgan fingerprint density at radius 2 is 2.03 bits per heavy atom. The van der Waals surface area contributed by atoms with E-state index in [4.69, 9.17) is 0 Å². The maximum Gasteiger partial charge on any atom is 0.317 e. The van der Waals surface area contributed by atoms with E-state index in [0.29, 0.717) is 12.5 Å². The van der Waals surface area contributed by atoms with Crippen molar-refractivity contribution in [3.05, 3.63) is 72.3 Å². The van der Waals surface area contributed by atoms with Crippen LogP contribution in [0.4, 0.5) is 4.79 Å². The molecule has 1 aliphatic heterocycles. The molecule has 29 heavy (non-hydrogen) atoms. The number of amides is 2. The molecule has 3 heterocycles. The van der Waals surface area contributed by atoms with E-state index in [2.05, 4.69) is 26.8 Å². The maximum atomic E-state index is 12.7. The van der Waals surface area contributed by atoms with Gasteiger partial charge in [-0.3, -0.25) is 4.98 Å². The van der Waals surface area contributed by atoms with Gasteiger partial charge in [-0.15, -0.1) is 0 Å². The molecule has 0 spiro atoms. The minimum atomic E-state index is 0.0217. The lowest BCUT2D eigenvalue weighted by Crippen LogP contribution is -2.46. The van der Waals surface area contributed by atoms with Crippen molar-refractivity contribution >= 4 is 6.03 Å². The van der Waals surface area contributed by atoms with Crippen molar-refractivity contribution in [3.63, 3.8) is 0 Å². The molecule has 1 aliphatic rings. The van der Waals surface area contributed by atoms with Crippen molar-refractivity contribution in [2.45, 2.75) is 32.9 Å². The monoisotopic (exact) mass is 389 g/mol. The summed E-state index contributed by atoms with van der Waals surface area (Å²) < 4.78 is 2.26. The van der Waals surface area contributed by atoms with Gasteiger partial charge in [-0.1, -0.05) is 30.3 Å². The topological polar surface area (TPSA) is 63.1 Å². The van der Waals surface area contributed by atoms with Crippen molar-refractivity contribution < 1.29 is 4.79 Å². The van der Waals surface area contributed by atoms with E-state index in [0.717, 1.165) is 55.1 Å². The van der Waals surface area contributed by atoms with Crippen molar-refractivity contribution in [3.8, 4) is 11.4 Å². The summed E-state index contributed by atoms with van der Waals surface area (Å²) in [5, 5.41) is 3.06. The summed E-state index contributed by atoms with van der Waals surface area (Å²) in [5.41, 5.74) is 3.27. The number of aryl methyl sites for hydroxylation is 1. The number of pyridine rings is 1. The predicted molar refractivity (Wildman–Crippen MR) is 113 cm³/mol. The lowest BCUT2D eigenvalue weighted by atomic mass is 9.98. The van der Waals surface area contributed by atoms with Gasteiger partial charge in [0.25, 0.3) is 0 Å². The summed E-state index contributed by atoms with van der Waals surface area (Å²) >= 11 is 0. The Morgan fingerprint density at radius 1 is 1.17 bits per heavy atom. The van der Waals surface area contributed by atoms with Crippen molar-refractivity contribution in [1.82, 2.24) is 24.8 Å². The minimum absolute atomic E-state index is 0.0217. The van der Waals surface area contributed by atoms with Crippen LogP contribution in [0.2, 0.25) is 0 Å². The largest absolute Gasteiger partial charge is 0.334 e. The summed E-state index contributed by atoms with van der Waals surface area (Å²) in [5.74, 6) is 1.36. The molecule has 1 fully saturated rings. The molecule has 2 aromatic heterocycles. The van der Waals surface area contributed by atoms with Crippen molar-refractivity contribution in [2.75, 3.05) is 13.1 Å². The normalized spacial score (nSPS) is 16.6. The van der Waals surface area contributed by atoms with Crippen LogP contribution in [0.5, 0.6) is 0 Å². The first kappa shape index (κ1) is 19.2. The number of rotatable bonds is 5. The molecule has 4 rings (SSSR count). The van der Waals surface area contributed by atoms with Gasteiger partial charge in [-0.2, -0.15) is 0 Å². The zero-order valence-electron chi connectivity index (χ0n) is 16.8. The molecule has 1 saturated heterocycles. The highest BCUT2D eigenvalue weighted by Gasteiger charge is 2.25. The first-order valence-corrected chi connectivity index (χ1v) is 10.2. The lowest BCUT2D eigenvalue weighted by Gasteiger charge is -2.33. The minimum Gasteiger partial charge on any atom is -0.334 e. The van der Waals surface area contributed by atoms with Crippen LogP contribution in [0.25, 0.3) is 11.4 Å². The maximum absolute atomic E-state index is 12.7. The molecule has 1 unspecified atom stereocenters. The molecular formula is C23H27N5O. The number of likely N-dealkylation sites (tertiary alicyclic amines) is 1. The third kappa shape index (κ3) is 4.65. The number of imidazole rings is 1. The van der Waals surface area contributed by atoms with E-state index >= 15 is 0 Å². The van der Waals surface area contributed by atoms with E-state index in [-0.39, 0.29) is 6.03 Å². The molecule has 6 nitrogen and oxygen atoms in total. The average molecular weight is 390 g/mol. The molecule has 0 bridgehead atoms. The predicted octanol–water partition coefficient (Wildman–Crippen LogP) is 3.88. The van der Waals surface area contributed by atoms with E-state index in [9.17, 15) is 4.79 Å². The van der Waals surface area contributed by atoms with Gasteiger partial charge in [0.15, 0.2) is 0 Å². The van der Waals surface area contributed by atoms with E-state index in [1.165, 1.54) is 0 Å². The number of carbonyl (C=O) groups excluding carboxylic acids is 1. The molecule has 1 atom stereocenters. The lowest BCUT2D eigenvalue weighted by molar-refractivity contribution is 0.159. The second-order valence-corrected chi connectivity index (χ2v) is 7.67. The Kier molecular flexibility index (Phi) is 5.89. The number of nitrogens with zero attached hydrogens (tertiary/aromatic N) is 4. The smallest absolute Gasteiger partial charge is 0.317 e. The highest BCUT2D eigenvalue weighted by Crippen LogP contribution is 2.24. The van der Waals surface area contributed by atoms with Gasteiger partial charge in [-0.25, -0.2) is 9.78 Å². The Bertz CT molecular complexity index is 938. The highest BCUT2D eigenvalue weighted by molar-refractivity contribution is 5.74. The Balaban J connectivity index is 1.39. The number of piperidine rings is 1. The molecule has 3 aromatic rings. The van der Waals surface area contributed by atoms with E-state index in [1.807, 2.05) is 59.8 Å². The summed E-state index contributed by atoms with van der Waals surface area (Å²) in [6, 6.07) is 14.0. The van der Waals surface area contributed by atoms with E-state index in [1.54, 1.807) is 6.20 Å². The summed E-state index contributed by atoms with van der Waals surface area (Å²) in [7, 11) is 0. The fraction of sp³-hybridized carbons (Fsp3) is 0.348. The first-order chi connectivity index (χ1) is 14.2. The molecule has 2 amide bonds. The van der Waals surface area contributed by atoms with Gasteiger partial charge in [0.2, 0.25) is 0 Å². The number of benzene rings is 1. The first-order valence-electron chi connectivity index (χ1n) is 10.2. The van der Waals surface area contributed by atoms with Crippen molar-refractivity contribution in [2.24, 2.45) is 5.92 Å². The number of hydrogen-bond donors (Lipinski definition) is 1. The van der Waals surface area contributed by atoms with Gasteiger partial charge in [0, 0.05) is 56.0 Å². The SMILES string of the molecule is Cc1cnc(-c2cccnc2)n1CC1CCCN(C(=O)NCc2ccccc2)C1. The number of urea groups is 1. The van der Waals surface area contributed by atoms with Crippen LogP contribution in [0.1, 0.15) is 24.1 Å². The number of nitrogens with one attached hydrogen (secondary N) is 1. The number of aromatic nitrogens is 3. The Morgan fingerprint density at radius 3 is 2.83 bits per heavy atom. The van der Waals surface area contributed by atoms with Gasteiger partial charge in [-0.05, 0) is 43.4 Å². The van der Waals surface area contributed by atoms with Gasteiger partial charge < -0.3 is 14.8 Å². The van der Waals surface area contributed by atoms with Crippen LogP contribution in [-0.2, 0) is 13.1 Å². The third-order valence-electron chi connectivity index (χ3n) is 5.51. The molecule has 0 saturated carbocycles. The molecule has 1 N–H and O–H groups in total. The average Bonchev–Trinajstić information content (AvgIpc) is 3.13. The Hall–Kier alpha value is -3.15. The number of carbonyl (C=O) groups is 1. The zero-order valence-corrected chi connectivity index (χ0v) is 16.8. The molecule has 0 radical (unpaired) electrons. The Labute approximate surface area is 171 Å². The van der Waals surface area contributed by atoms with E-state index < -0.39 is 0 Å². The second-order valence-electron chi connectivity index (χ2n) is 7.67. The second kappa shape index (κ2) is 8.90. The molecule has 0 aliphatic carbocycles. The summed E-state index contributed by atoms with van der Waals surface area (Å²) in [4.78, 5) is 23.4. The van der Waals surface area contributed by atoms with Crippen LogP contribution in [0.15, 0.2) is 61.1 Å². The van der Waals surface area contributed by atoms with Crippen molar-refractivity contribution in [1.29, 1.82) is 0 Å². The molecule has 150 valence electrons. The van der Waals surface area contributed by atoms with Crippen LogP contribution in [0, 0.1) is 12.8 Å². The zero-order chi connectivity index (χ0) is 20.1. The molecule has 6 heteroatoms. The van der Waals surface area contributed by atoms with Crippen LogP contribution in [0.3, 0.4) is 0 Å². The molecule has 1 aromatic carbocycles. The van der Waals surface area contributed by atoms with Crippen LogP contribution in [-0.4, -0.2) is 38.6 Å². The van der Waals surface area contributed by atoms with Gasteiger partial charge in [0.1, 0.15) is 5.82 Å². The third-order valence-corrected chi connectivity index (χ3v) is 5.51. The van der Waals surface area contributed by atoms with Crippen LogP contribution >= 0.6 is 0 Å². The summed E-state index contributed by atoms with van der Waals surface area (Å²) in [6.07, 6.45) is 7.68. The highest BCUT2D eigenvalue weighted by atomic mass is 16.2. The molecular weight excluding hydrogens is 362 g/mol. The van der Waals surface area contributed by atoms with Crippen LogP contribution < -0.4 is 5.32 Å².